The lowest BCUT2D eigenvalue weighted by Crippen LogP contribution is -2.40. The maximum atomic E-state index is 12.5. The third-order valence-corrected chi connectivity index (χ3v) is 4.42. The molecule has 1 amide bonds. The van der Waals surface area contributed by atoms with E-state index < -0.39 is 0 Å². The molecule has 0 bridgehead atoms. The van der Waals surface area contributed by atoms with Gasteiger partial charge in [-0.05, 0) is 19.8 Å². The van der Waals surface area contributed by atoms with Crippen molar-refractivity contribution in [2.24, 2.45) is 0 Å². The molecule has 7 nitrogen and oxygen atoms in total. The molecule has 3 heterocycles. The second-order valence-electron chi connectivity index (χ2n) is 6.11. The largest absolute Gasteiger partial charge is 0.342 e. The van der Waals surface area contributed by atoms with Gasteiger partial charge in [-0.2, -0.15) is 5.10 Å². The van der Waals surface area contributed by atoms with Gasteiger partial charge >= 0.3 is 0 Å². The number of hydrogen-bond donors (Lipinski definition) is 1. The highest BCUT2D eigenvalue weighted by Crippen LogP contribution is 2.25. The zero-order valence-corrected chi connectivity index (χ0v) is 14.3. The van der Waals surface area contributed by atoms with Crippen LogP contribution >= 0.6 is 11.6 Å². The van der Waals surface area contributed by atoms with Crippen LogP contribution in [-0.4, -0.2) is 43.6 Å². The van der Waals surface area contributed by atoms with E-state index in [-0.39, 0.29) is 17.4 Å². The maximum Gasteiger partial charge on any atom is 0.251 e. The lowest BCUT2D eigenvalue weighted by Gasteiger charge is -2.32. The van der Waals surface area contributed by atoms with E-state index in [1.165, 1.54) is 6.07 Å². The Morgan fingerprint density at radius 3 is 3.04 bits per heavy atom. The summed E-state index contributed by atoms with van der Waals surface area (Å²) in [7, 11) is 0. The summed E-state index contributed by atoms with van der Waals surface area (Å²) in [4.78, 5) is 33.0. The molecule has 1 unspecified atom stereocenters. The minimum absolute atomic E-state index is 0.0906. The molecule has 2 aromatic heterocycles. The first-order valence-electron chi connectivity index (χ1n) is 8.05. The summed E-state index contributed by atoms with van der Waals surface area (Å²) in [6.07, 6.45) is 5.50. The smallest absolute Gasteiger partial charge is 0.251 e. The SMILES string of the molecule is Cc1nc(C2CCCN(C(=O)CCn3cc(Cl)cn3)C2)cc(=O)[nH]1. The van der Waals surface area contributed by atoms with Gasteiger partial charge in [0.15, 0.2) is 0 Å². The number of likely N-dealkylation sites (tertiary alicyclic amines) is 1. The van der Waals surface area contributed by atoms with Crippen molar-refractivity contribution in [3.8, 4) is 0 Å². The lowest BCUT2D eigenvalue weighted by atomic mass is 9.94. The van der Waals surface area contributed by atoms with Gasteiger partial charge in [-0.3, -0.25) is 14.3 Å². The van der Waals surface area contributed by atoms with Crippen molar-refractivity contribution in [1.82, 2.24) is 24.6 Å². The van der Waals surface area contributed by atoms with Gasteiger partial charge in [-0.25, -0.2) is 4.98 Å². The first-order valence-corrected chi connectivity index (χ1v) is 8.42. The third-order valence-electron chi connectivity index (χ3n) is 4.23. The molecule has 3 rings (SSSR count). The molecule has 0 aromatic carbocycles. The first-order chi connectivity index (χ1) is 11.5. The van der Waals surface area contributed by atoms with E-state index in [9.17, 15) is 9.59 Å². The van der Waals surface area contributed by atoms with Crippen molar-refractivity contribution < 1.29 is 4.79 Å². The molecule has 1 atom stereocenters. The maximum absolute atomic E-state index is 12.5. The van der Waals surface area contributed by atoms with Gasteiger partial charge in [0.2, 0.25) is 5.91 Å². The van der Waals surface area contributed by atoms with Crippen LogP contribution in [0.5, 0.6) is 0 Å². The van der Waals surface area contributed by atoms with Crippen molar-refractivity contribution in [3.05, 3.63) is 45.4 Å². The van der Waals surface area contributed by atoms with Crippen molar-refractivity contribution in [1.29, 1.82) is 0 Å². The number of H-pyrrole nitrogens is 1. The highest BCUT2D eigenvalue weighted by Gasteiger charge is 2.25. The van der Waals surface area contributed by atoms with Crippen LogP contribution < -0.4 is 5.56 Å². The van der Waals surface area contributed by atoms with Crippen LogP contribution in [0.2, 0.25) is 5.02 Å². The molecule has 24 heavy (non-hydrogen) atoms. The predicted molar refractivity (Wildman–Crippen MR) is 90.0 cm³/mol. The summed E-state index contributed by atoms with van der Waals surface area (Å²) in [6.45, 7) is 3.63. The number of rotatable bonds is 4. The summed E-state index contributed by atoms with van der Waals surface area (Å²) in [5, 5.41) is 4.65. The van der Waals surface area contributed by atoms with E-state index in [1.54, 1.807) is 24.0 Å². The molecule has 1 aliphatic rings. The molecule has 128 valence electrons. The Kier molecular flexibility index (Phi) is 4.99. The zero-order chi connectivity index (χ0) is 17.1. The standard InChI is InChI=1S/C16H20ClN5O2/c1-11-19-14(7-15(23)20-11)12-3-2-5-21(9-12)16(24)4-6-22-10-13(17)8-18-22/h7-8,10,12H,2-6,9H2,1H3,(H,19,20,23). The molecule has 2 aromatic rings. The van der Waals surface area contributed by atoms with Crippen LogP contribution in [0.1, 0.15) is 36.7 Å². The number of carbonyl (C=O) groups is 1. The Balaban J connectivity index is 1.62. The number of amides is 1. The summed E-state index contributed by atoms with van der Waals surface area (Å²) in [5.41, 5.74) is 0.629. The van der Waals surface area contributed by atoms with Gasteiger partial charge < -0.3 is 9.88 Å². The molecule has 0 aliphatic carbocycles. The first kappa shape index (κ1) is 16.7. The number of piperidine rings is 1. The molecular weight excluding hydrogens is 330 g/mol. The van der Waals surface area contributed by atoms with Crippen molar-refractivity contribution in [2.75, 3.05) is 13.1 Å². The second-order valence-corrected chi connectivity index (χ2v) is 6.54. The fourth-order valence-corrected chi connectivity index (χ4v) is 3.24. The molecule has 1 saturated heterocycles. The minimum Gasteiger partial charge on any atom is -0.342 e. The lowest BCUT2D eigenvalue weighted by molar-refractivity contribution is -0.132. The topological polar surface area (TPSA) is 83.9 Å². The zero-order valence-electron chi connectivity index (χ0n) is 13.5. The van der Waals surface area contributed by atoms with Crippen molar-refractivity contribution in [2.45, 2.75) is 38.6 Å². The summed E-state index contributed by atoms with van der Waals surface area (Å²) >= 11 is 5.82. The van der Waals surface area contributed by atoms with Gasteiger partial charge in [-0.15, -0.1) is 0 Å². The molecule has 0 saturated carbocycles. The number of hydrogen-bond acceptors (Lipinski definition) is 4. The predicted octanol–water partition coefficient (Wildman–Crippen LogP) is 1.72. The average Bonchev–Trinajstić information content (AvgIpc) is 2.97. The van der Waals surface area contributed by atoms with E-state index in [0.717, 1.165) is 25.1 Å². The average molecular weight is 350 g/mol. The fraction of sp³-hybridized carbons (Fsp3) is 0.500. The summed E-state index contributed by atoms with van der Waals surface area (Å²) in [5.74, 6) is 0.812. The van der Waals surface area contributed by atoms with Crippen LogP contribution in [0, 0.1) is 6.92 Å². The Morgan fingerprint density at radius 1 is 1.50 bits per heavy atom. The molecule has 0 radical (unpaired) electrons. The molecule has 1 aliphatic heterocycles. The number of halogens is 1. The van der Waals surface area contributed by atoms with Gasteiger partial charge in [0.05, 0.1) is 16.9 Å². The van der Waals surface area contributed by atoms with E-state index in [2.05, 4.69) is 15.1 Å². The minimum atomic E-state index is -0.142. The Hall–Kier alpha value is -2.15. The number of carbonyl (C=O) groups excluding carboxylic acids is 1. The summed E-state index contributed by atoms with van der Waals surface area (Å²) < 4.78 is 1.67. The quantitative estimate of drug-likeness (QED) is 0.911. The fourth-order valence-electron chi connectivity index (χ4n) is 3.09. The number of aryl methyl sites for hydroxylation is 2. The number of aromatic amines is 1. The van der Waals surface area contributed by atoms with E-state index in [0.29, 0.717) is 30.4 Å². The van der Waals surface area contributed by atoms with Gasteiger partial charge in [-0.1, -0.05) is 11.6 Å². The van der Waals surface area contributed by atoms with Gasteiger partial charge in [0, 0.05) is 44.2 Å². The second kappa shape index (κ2) is 7.17. The Morgan fingerprint density at radius 2 is 2.33 bits per heavy atom. The van der Waals surface area contributed by atoms with Crippen LogP contribution in [0.25, 0.3) is 0 Å². The third kappa shape index (κ3) is 4.03. The van der Waals surface area contributed by atoms with E-state index >= 15 is 0 Å². The van der Waals surface area contributed by atoms with E-state index in [4.69, 9.17) is 11.6 Å². The number of nitrogens with one attached hydrogen (secondary N) is 1. The van der Waals surface area contributed by atoms with Crippen LogP contribution in [0.15, 0.2) is 23.3 Å². The number of aromatic nitrogens is 4. The molecule has 1 N–H and O–H groups in total. The highest BCUT2D eigenvalue weighted by atomic mass is 35.5. The molecular formula is C16H20ClN5O2. The number of nitrogens with zero attached hydrogens (tertiary/aromatic N) is 4. The molecule has 8 heteroatoms. The van der Waals surface area contributed by atoms with Crippen LogP contribution in [0.3, 0.4) is 0 Å². The van der Waals surface area contributed by atoms with E-state index in [1.807, 2.05) is 4.90 Å². The van der Waals surface area contributed by atoms with Crippen LogP contribution in [0.4, 0.5) is 0 Å². The Bertz CT molecular complexity index is 785. The van der Waals surface area contributed by atoms with Gasteiger partial charge in [0.25, 0.3) is 5.56 Å². The van der Waals surface area contributed by atoms with Crippen LogP contribution in [-0.2, 0) is 11.3 Å². The molecule has 1 fully saturated rings. The van der Waals surface area contributed by atoms with Crippen molar-refractivity contribution in [3.63, 3.8) is 0 Å². The Labute approximate surface area is 144 Å². The monoisotopic (exact) mass is 349 g/mol. The highest BCUT2D eigenvalue weighted by molar-refractivity contribution is 6.30. The normalized spacial score (nSPS) is 17.9. The molecule has 0 spiro atoms. The summed E-state index contributed by atoms with van der Waals surface area (Å²) in [6, 6.07) is 1.54. The van der Waals surface area contributed by atoms with Crippen molar-refractivity contribution >= 4 is 17.5 Å². The van der Waals surface area contributed by atoms with Gasteiger partial charge in [0.1, 0.15) is 5.82 Å².